The van der Waals surface area contributed by atoms with E-state index in [1.807, 2.05) is 13.8 Å². The quantitative estimate of drug-likeness (QED) is 0.597. The molecule has 18 heavy (non-hydrogen) atoms. The Morgan fingerprint density at radius 1 is 1.33 bits per heavy atom. The van der Waals surface area contributed by atoms with Gasteiger partial charge in [-0.15, -0.1) is 0 Å². The summed E-state index contributed by atoms with van der Waals surface area (Å²) < 4.78 is 0. The first-order chi connectivity index (χ1) is 8.23. The Kier molecular flexibility index (Phi) is 6.77. The fourth-order valence-corrected chi connectivity index (χ4v) is 1.43. The van der Waals surface area contributed by atoms with Gasteiger partial charge in [-0.05, 0) is 12.3 Å². The first-order valence-electron chi connectivity index (χ1n) is 5.76. The Hall–Kier alpha value is -1.79. The number of nitrogens with one attached hydrogen (secondary N) is 1. The van der Waals surface area contributed by atoms with E-state index in [2.05, 4.69) is 5.32 Å². The lowest BCUT2D eigenvalue weighted by molar-refractivity contribution is -0.139. The Bertz CT molecular complexity index is 317. The molecule has 0 rings (SSSR count). The SMILES string of the molecule is CC(C)CN(C)C(=O)N[C@H](CCC(N)=O)C(=O)O. The number of carbonyl (C=O) groups excluding carboxylic acids is 2. The number of aliphatic carboxylic acids is 1. The minimum absolute atomic E-state index is 0.00801. The summed E-state index contributed by atoms with van der Waals surface area (Å²) in [6.45, 7) is 4.42. The zero-order valence-corrected chi connectivity index (χ0v) is 11.0. The van der Waals surface area contributed by atoms with Crippen LogP contribution in [-0.2, 0) is 9.59 Å². The fourth-order valence-electron chi connectivity index (χ4n) is 1.43. The molecule has 0 aliphatic rings. The summed E-state index contributed by atoms with van der Waals surface area (Å²) in [5.74, 6) is -1.48. The van der Waals surface area contributed by atoms with Gasteiger partial charge in [-0.3, -0.25) is 4.79 Å². The minimum Gasteiger partial charge on any atom is -0.480 e. The lowest BCUT2D eigenvalue weighted by atomic mass is 10.1. The molecular formula is C11H21N3O4. The number of nitrogens with two attached hydrogens (primary N) is 1. The topological polar surface area (TPSA) is 113 Å². The van der Waals surface area contributed by atoms with Crippen molar-refractivity contribution in [1.29, 1.82) is 0 Å². The molecule has 0 fully saturated rings. The van der Waals surface area contributed by atoms with Crippen molar-refractivity contribution in [3.05, 3.63) is 0 Å². The fraction of sp³-hybridized carbons (Fsp3) is 0.727. The second-order valence-electron chi connectivity index (χ2n) is 4.62. The van der Waals surface area contributed by atoms with Crippen molar-refractivity contribution in [1.82, 2.24) is 10.2 Å². The van der Waals surface area contributed by atoms with E-state index in [1.54, 1.807) is 7.05 Å². The first-order valence-corrected chi connectivity index (χ1v) is 5.76. The molecule has 0 saturated heterocycles. The van der Waals surface area contributed by atoms with Gasteiger partial charge in [0.2, 0.25) is 5.91 Å². The summed E-state index contributed by atoms with van der Waals surface area (Å²) in [4.78, 5) is 34.6. The van der Waals surface area contributed by atoms with Crippen LogP contribution in [0.3, 0.4) is 0 Å². The third-order valence-electron chi connectivity index (χ3n) is 2.26. The van der Waals surface area contributed by atoms with E-state index in [0.29, 0.717) is 6.54 Å². The second kappa shape index (κ2) is 7.52. The molecule has 0 aromatic carbocycles. The number of carboxylic acid groups (broad SMARTS) is 1. The molecule has 0 bridgehead atoms. The molecule has 0 aliphatic carbocycles. The van der Waals surface area contributed by atoms with Crippen LogP contribution in [0.2, 0.25) is 0 Å². The van der Waals surface area contributed by atoms with Gasteiger partial charge in [0.25, 0.3) is 0 Å². The first kappa shape index (κ1) is 16.2. The Balaban J connectivity index is 4.35. The van der Waals surface area contributed by atoms with Crippen LogP contribution in [0.25, 0.3) is 0 Å². The molecule has 104 valence electrons. The molecule has 0 aliphatic heterocycles. The normalized spacial score (nSPS) is 12.0. The zero-order chi connectivity index (χ0) is 14.3. The molecule has 1 atom stereocenters. The van der Waals surface area contributed by atoms with Gasteiger partial charge in [0.05, 0.1) is 0 Å². The molecule has 0 aromatic rings. The molecule has 0 radical (unpaired) electrons. The van der Waals surface area contributed by atoms with Crippen LogP contribution in [0.1, 0.15) is 26.7 Å². The largest absolute Gasteiger partial charge is 0.480 e. The molecule has 0 saturated carbocycles. The van der Waals surface area contributed by atoms with Crippen LogP contribution >= 0.6 is 0 Å². The molecule has 0 aromatic heterocycles. The van der Waals surface area contributed by atoms with E-state index in [1.165, 1.54) is 4.90 Å². The number of rotatable bonds is 7. The Labute approximate surface area is 106 Å². The summed E-state index contributed by atoms with van der Waals surface area (Å²) in [5.41, 5.74) is 4.94. The van der Waals surface area contributed by atoms with E-state index in [9.17, 15) is 14.4 Å². The molecule has 0 heterocycles. The maximum Gasteiger partial charge on any atom is 0.326 e. The number of carboxylic acids is 1. The summed E-state index contributed by atoms with van der Waals surface area (Å²) in [7, 11) is 1.59. The summed E-state index contributed by atoms with van der Waals surface area (Å²) in [5, 5.41) is 11.3. The van der Waals surface area contributed by atoms with Crippen LogP contribution < -0.4 is 11.1 Å². The van der Waals surface area contributed by atoms with Crippen LogP contribution in [0.5, 0.6) is 0 Å². The van der Waals surface area contributed by atoms with Gasteiger partial charge in [0.1, 0.15) is 6.04 Å². The number of nitrogens with zero attached hydrogens (tertiary/aromatic N) is 1. The van der Waals surface area contributed by atoms with E-state index < -0.39 is 23.9 Å². The molecule has 3 amide bonds. The molecule has 4 N–H and O–H groups in total. The highest BCUT2D eigenvalue weighted by molar-refractivity contribution is 5.83. The number of amides is 3. The summed E-state index contributed by atoms with van der Waals surface area (Å²) in [6.07, 6.45) is -0.0862. The number of carbonyl (C=O) groups is 3. The van der Waals surface area contributed by atoms with Crippen molar-refractivity contribution >= 4 is 17.9 Å². The van der Waals surface area contributed by atoms with Gasteiger partial charge < -0.3 is 21.1 Å². The van der Waals surface area contributed by atoms with Gasteiger partial charge in [-0.2, -0.15) is 0 Å². The lowest BCUT2D eigenvalue weighted by Crippen LogP contribution is -2.47. The van der Waals surface area contributed by atoms with Crippen LogP contribution in [0, 0.1) is 5.92 Å². The maximum absolute atomic E-state index is 11.7. The maximum atomic E-state index is 11.7. The Morgan fingerprint density at radius 3 is 2.28 bits per heavy atom. The summed E-state index contributed by atoms with van der Waals surface area (Å²) >= 11 is 0. The highest BCUT2D eigenvalue weighted by Gasteiger charge is 2.22. The van der Waals surface area contributed by atoms with Crippen molar-refractivity contribution in [2.24, 2.45) is 11.7 Å². The molecular weight excluding hydrogens is 238 g/mol. The monoisotopic (exact) mass is 259 g/mol. The smallest absolute Gasteiger partial charge is 0.326 e. The van der Waals surface area contributed by atoms with E-state index in [4.69, 9.17) is 10.8 Å². The highest BCUT2D eigenvalue weighted by Crippen LogP contribution is 2.01. The Morgan fingerprint density at radius 2 is 1.89 bits per heavy atom. The highest BCUT2D eigenvalue weighted by atomic mass is 16.4. The van der Waals surface area contributed by atoms with Crippen molar-refractivity contribution < 1.29 is 19.5 Å². The van der Waals surface area contributed by atoms with Crippen molar-refractivity contribution in [3.8, 4) is 0 Å². The number of hydrogen-bond acceptors (Lipinski definition) is 3. The van der Waals surface area contributed by atoms with Crippen molar-refractivity contribution in [3.63, 3.8) is 0 Å². The van der Waals surface area contributed by atoms with Crippen LogP contribution in [0.4, 0.5) is 4.79 Å². The van der Waals surface area contributed by atoms with Crippen LogP contribution in [0.15, 0.2) is 0 Å². The van der Waals surface area contributed by atoms with Gasteiger partial charge in [-0.1, -0.05) is 13.8 Å². The number of hydrogen-bond donors (Lipinski definition) is 3. The van der Waals surface area contributed by atoms with Crippen molar-refractivity contribution in [2.75, 3.05) is 13.6 Å². The molecule has 0 unspecified atom stereocenters. The zero-order valence-electron chi connectivity index (χ0n) is 11.0. The molecule has 0 spiro atoms. The van der Waals surface area contributed by atoms with E-state index in [-0.39, 0.29) is 18.8 Å². The number of urea groups is 1. The van der Waals surface area contributed by atoms with Gasteiger partial charge >= 0.3 is 12.0 Å². The minimum atomic E-state index is -1.18. The predicted molar refractivity (Wildman–Crippen MR) is 65.9 cm³/mol. The third kappa shape index (κ3) is 6.72. The molecule has 7 nitrogen and oxygen atoms in total. The third-order valence-corrected chi connectivity index (χ3v) is 2.26. The standard InChI is InChI=1S/C11H21N3O4/c1-7(2)6-14(3)11(18)13-8(10(16)17)4-5-9(12)15/h7-8H,4-6H2,1-3H3,(H2,12,15)(H,13,18)(H,16,17)/t8-/m1/s1. The second-order valence-corrected chi connectivity index (χ2v) is 4.62. The predicted octanol–water partition coefficient (Wildman–Crippen LogP) is 0.00250. The van der Waals surface area contributed by atoms with Gasteiger partial charge in [-0.25, -0.2) is 9.59 Å². The van der Waals surface area contributed by atoms with Crippen LogP contribution in [-0.4, -0.2) is 47.5 Å². The summed E-state index contributed by atoms with van der Waals surface area (Å²) in [6, 6.07) is -1.57. The molecule has 7 heteroatoms. The van der Waals surface area contributed by atoms with Crippen molar-refractivity contribution in [2.45, 2.75) is 32.7 Å². The number of primary amides is 1. The lowest BCUT2D eigenvalue weighted by Gasteiger charge is -2.22. The van der Waals surface area contributed by atoms with E-state index in [0.717, 1.165) is 0 Å². The van der Waals surface area contributed by atoms with E-state index >= 15 is 0 Å². The average Bonchev–Trinajstić information content (AvgIpc) is 2.21. The average molecular weight is 259 g/mol. The van der Waals surface area contributed by atoms with Gasteiger partial charge in [0.15, 0.2) is 0 Å². The van der Waals surface area contributed by atoms with Gasteiger partial charge in [0, 0.05) is 20.0 Å².